The van der Waals surface area contributed by atoms with Gasteiger partial charge >= 0.3 is 6.03 Å². The summed E-state index contributed by atoms with van der Waals surface area (Å²) in [5.41, 5.74) is -0.179. The molecule has 0 radical (unpaired) electrons. The highest BCUT2D eigenvalue weighted by Crippen LogP contribution is 2.46. The molecule has 10 heteroatoms. The number of imide groups is 1. The second-order valence-electron chi connectivity index (χ2n) is 9.55. The average molecular weight is 451 g/mol. The molecule has 0 unspecified atom stereocenters. The molecule has 2 atom stereocenters. The van der Waals surface area contributed by atoms with Crippen molar-refractivity contribution in [3.8, 4) is 0 Å². The highest BCUT2D eigenvalue weighted by atomic mass is 32.2. The van der Waals surface area contributed by atoms with Crippen molar-refractivity contribution in [1.82, 2.24) is 15.5 Å². The molecule has 31 heavy (non-hydrogen) atoms. The van der Waals surface area contributed by atoms with Gasteiger partial charge in [0.05, 0.1) is 4.90 Å². The third-order valence-corrected chi connectivity index (χ3v) is 6.84. The van der Waals surface area contributed by atoms with E-state index in [1.165, 1.54) is 12.1 Å². The van der Waals surface area contributed by atoms with Gasteiger partial charge in [-0.3, -0.25) is 14.5 Å². The Morgan fingerprint density at radius 3 is 2.45 bits per heavy atom. The van der Waals surface area contributed by atoms with Crippen LogP contribution in [0.1, 0.15) is 45.6 Å². The Hall–Kier alpha value is -2.46. The van der Waals surface area contributed by atoms with Gasteiger partial charge in [-0.25, -0.2) is 18.4 Å². The standard InChI is InChI=1S/C21H30N4O5S/c1-14-10-20(2,3)13-21(11-14)18(27)25(19(28)24-21)12-17(26)23-9-8-15-4-6-16(7-5-15)31(22,29)30/h4-7,14H,8-13H2,1-3H3,(H,23,26)(H,24,28)(H2,22,29,30)/t14-,21+/m0/s1. The molecular weight excluding hydrogens is 420 g/mol. The third-order valence-electron chi connectivity index (χ3n) is 5.91. The smallest absolute Gasteiger partial charge is 0.325 e. The molecule has 3 rings (SSSR count). The van der Waals surface area contributed by atoms with Gasteiger partial charge in [0, 0.05) is 6.54 Å². The van der Waals surface area contributed by atoms with Crippen LogP contribution in [-0.4, -0.2) is 49.8 Å². The maximum absolute atomic E-state index is 13.1. The molecule has 4 N–H and O–H groups in total. The summed E-state index contributed by atoms with van der Waals surface area (Å²) in [5.74, 6) is -0.460. The quantitative estimate of drug-likeness (QED) is 0.558. The monoisotopic (exact) mass is 450 g/mol. The number of hydrogen-bond acceptors (Lipinski definition) is 5. The lowest BCUT2D eigenvalue weighted by molar-refractivity contribution is -0.137. The van der Waals surface area contributed by atoms with Crippen molar-refractivity contribution in [3.05, 3.63) is 29.8 Å². The van der Waals surface area contributed by atoms with Crippen LogP contribution in [0.15, 0.2) is 29.2 Å². The molecule has 1 aromatic rings. The van der Waals surface area contributed by atoms with Crippen LogP contribution in [0.5, 0.6) is 0 Å². The second kappa shape index (κ2) is 8.23. The van der Waals surface area contributed by atoms with Crippen LogP contribution in [0.3, 0.4) is 0 Å². The molecule has 1 aliphatic carbocycles. The van der Waals surface area contributed by atoms with Gasteiger partial charge in [-0.2, -0.15) is 0 Å². The van der Waals surface area contributed by atoms with Gasteiger partial charge in [0.15, 0.2) is 0 Å². The van der Waals surface area contributed by atoms with E-state index in [-0.39, 0.29) is 29.3 Å². The lowest BCUT2D eigenvalue weighted by Crippen LogP contribution is -2.54. The first kappa shape index (κ1) is 23.2. The Kier molecular flexibility index (Phi) is 6.16. The summed E-state index contributed by atoms with van der Waals surface area (Å²) in [4.78, 5) is 38.9. The first-order chi connectivity index (χ1) is 14.3. The first-order valence-corrected chi connectivity index (χ1v) is 11.9. The van der Waals surface area contributed by atoms with Crippen LogP contribution in [0.2, 0.25) is 0 Å². The highest BCUT2D eigenvalue weighted by Gasteiger charge is 2.56. The van der Waals surface area contributed by atoms with Crippen molar-refractivity contribution < 1.29 is 22.8 Å². The van der Waals surface area contributed by atoms with E-state index < -0.39 is 27.5 Å². The van der Waals surface area contributed by atoms with Crippen LogP contribution in [0, 0.1) is 11.3 Å². The first-order valence-electron chi connectivity index (χ1n) is 10.3. The molecule has 170 valence electrons. The number of nitrogens with two attached hydrogens (primary N) is 1. The van der Waals surface area contributed by atoms with Crippen LogP contribution in [0.4, 0.5) is 4.79 Å². The van der Waals surface area contributed by atoms with Crippen LogP contribution in [-0.2, 0) is 26.0 Å². The predicted molar refractivity (Wildman–Crippen MR) is 114 cm³/mol. The van der Waals surface area contributed by atoms with E-state index in [0.717, 1.165) is 16.9 Å². The van der Waals surface area contributed by atoms with Crippen LogP contribution in [0.25, 0.3) is 0 Å². The number of urea groups is 1. The lowest BCUT2D eigenvalue weighted by Gasteiger charge is -2.43. The highest BCUT2D eigenvalue weighted by molar-refractivity contribution is 7.89. The van der Waals surface area contributed by atoms with Crippen molar-refractivity contribution in [2.45, 2.75) is 56.9 Å². The average Bonchev–Trinajstić information content (AvgIpc) is 2.83. The molecule has 1 aliphatic heterocycles. The van der Waals surface area contributed by atoms with Gasteiger partial charge in [0.2, 0.25) is 15.9 Å². The number of sulfonamides is 1. The Balaban J connectivity index is 1.55. The minimum Gasteiger partial charge on any atom is -0.354 e. The SMILES string of the molecule is C[C@H]1CC(C)(C)C[C@@]2(C1)NC(=O)N(CC(=O)NCCc1ccc(S(N)(=O)=O)cc1)C2=O. The number of nitrogens with zero attached hydrogens (tertiary/aromatic N) is 1. The molecule has 9 nitrogen and oxygen atoms in total. The Morgan fingerprint density at radius 1 is 1.23 bits per heavy atom. The van der Waals surface area contributed by atoms with Crippen LogP contribution >= 0.6 is 0 Å². The Bertz CT molecular complexity index is 990. The zero-order valence-corrected chi connectivity index (χ0v) is 18.9. The fourth-order valence-corrected chi connectivity index (χ4v) is 5.56. The fraction of sp³-hybridized carbons (Fsp3) is 0.571. The third kappa shape index (κ3) is 5.24. The fourth-order valence-electron chi connectivity index (χ4n) is 5.04. The summed E-state index contributed by atoms with van der Waals surface area (Å²) in [6, 6.07) is 5.54. The number of primary sulfonamides is 1. The van der Waals surface area contributed by atoms with E-state index in [0.29, 0.717) is 25.2 Å². The van der Waals surface area contributed by atoms with E-state index >= 15 is 0 Å². The van der Waals surface area contributed by atoms with Gasteiger partial charge in [-0.05, 0) is 54.7 Å². The summed E-state index contributed by atoms with van der Waals surface area (Å²) in [5, 5.41) is 10.6. The van der Waals surface area contributed by atoms with E-state index in [1.807, 2.05) is 0 Å². The summed E-state index contributed by atoms with van der Waals surface area (Å²) >= 11 is 0. The van der Waals surface area contributed by atoms with Crippen molar-refractivity contribution in [2.24, 2.45) is 16.5 Å². The van der Waals surface area contributed by atoms with Gasteiger partial charge in [-0.1, -0.05) is 32.9 Å². The summed E-state index contributed by atoms with van der Waals surface area (Å²) in [6.45, 7) is 6.22. The summed E-state index contributed by atoms with van der Waals surface area (Å²) in [7, 11) is -3.75. The Labute approximate surface area is 182 Å². The number of nitrogens with one attached hydrogen (secondary N) is 2. The molecule has 0 aromatic heterocycles. The van der Waals surface area contributed by atoms with Crippen molar-refractivity contribution in [3.63, 3.8) is 0 Å². The number of carbonyl (C=O) groups is 3. The van der Waals surface area contributed by atoms with Crippen LogP contribution < -0.4 is 15.8 Å². The molecule has 1 saturated carbocycles. The number of benzene rings is 1. The van der Waals surface area contributed by atoms with Gasteiger partial charge < -0.3 is 10.6 Å². The maximum atomic E-state index is 13.1. The second-order valence-corrected chi connectivity index (χ2v) is 11.1. The minimum absolute atomic E-state index is 0.0213. The van der Waals surface area contributed by atoms with Crippen molar-refractivity contribution >= 4 is 27.9 Å². The van der Waals surface area contributed by atoms with Gasteiger partial charge in [-0.15, -0.1) is 0 Å². The molecule has 1 aromatic carbocycles. The predicted octanol–water partition coefficient (Wildman–Crippen LogP) is 1.13. The molecule has 1 spiro atoms. The van der Waals surface area contributed by atoms with E-state index in [2.05, 4.69) is 31.4 Å². The van der Waals surface area contributed by atoms with E-state index in [1.54, 1.807) is 12.1 Å². The number of carbonyl (C=O) groups excluding carboxylic acids is 3. The molecule has 1 saturated heterocycles. The molecule has 4 amide bonds. The number of rotatable bonds is 6. The molecule has 0 bridgehead atoms. The van der Waals surface area contributed by atoms with Gasteiger partial charge in [0.25, 0.3) is 5.91 Å². The Morgan fingerprint density at radius 2 is 1.87 bits per heavy atom. The largest absolute Gasteiger partial charge is 0.354 e. The lowest BCUT2D eigenvalue weighted by atomic mass is 9.64. The minimum atomic E-state index is -3.75. The molecule has 2 fully saturated rings. The number of amides is 4. The molecule has 2 aliphatic rings. The summed E-state index contributed by atoms with van der Waals surface area (Å²) < 4.78 is 22.6. The van der Waals surface area contributed by atoms with Gasteiger partial charge in [0.1, 0.15) is 12.1 Å². The van der Waals surface area contributed by atoms with Crippen molar-refractivity contribution in [2.75, 3.05) is 13.1 Å². The zero-order valence-electron chi connectivity index (χ0n) is 18.1. The molecular formula is C21H30N4O5S. The van der Waals surface area contributed by atoms with E-state index in [9.17, 15) is 22.8 Å². The maximum Gasteiger partial charge on any atom is 0.325 e. The van der Waals surface area contributed by atoms with Crippen molar-refractivity contribution in [1.29, 1.82) is 0 Å². The molecule has 1 heterocycles. The topological polar surface area (TPSA) is 139 Å². The van der Waals surface area contributed by atoms with E-state index in [4.69, 9.17) is 5.14 Å². The normalized spacial score (nSPS) is 25.5. The summed E-state index contributed by atoms with van der Waals surface area (Å²) in [6.07, 6.45) is 2.58. The number of hydrogen-bond donors (Lipinski definition) is 3. The zero-order chi connectivity index (χ0) is 23.0.